The maximum atomic E-state index is 12.7. The van der Waals surface area contributed by atoms with Crippen LogP contribution in [-0.4, -0.2) is 56.3 Å². The van der Waals surface area contributed by atoms with Crippen molar-refractivity contribution in [1.82, 2.24) is 13.9 Å². The van der Waals surface area contributed by atoms with Gasteiger partial charge in [-0.1, -0.05) is 20.8 Å². The Hall–Kier alpha value is -0.170. The highest BCUT2D eigenvalue weighted by molar-refractivity contribution is 7.86. The number of nitrogens with one attached hydrogen (secondary N) is 1. The van der Waals surface area contributed by atoms with Gasteiger partial charge in [-0.3, -0.25) is 0 Å². The minimum Gasteiger partial charge on any atom is -0.315 e. The second-order valence-electron chi connectivity index (χ2n) is 7.05. The molecule has 2 saturated heterocycles. The van der Waals surface area contributed by atoms with E-state index in [1.807, 2.05) is 0 Å². The first kappa shape index (κ1) is 16.2. The maximum absolute atomic E-state index is 12.7. The van der Waals surface area contributed by atoms with Crippen molar-refractivity contribution >= 4 is 10.2 Å². The first-order valence-corrected chi connectivity index (χ1v) is 9.17. The van der Waals surface area contributed by atoms with Gasteiger partial charge in [0, 0.05) is 32.7 Å². The molecule has 6 heteroatoms. The molecule has 2 aliphatic rings. The summed E-state index contributed by atoms with van der Waals surface area (Å²) in [6.45, 7) is 11.0. The van der Waals surface area contributed by atoms with Crippen LogP contribution in [-0.2, 0) is 10.2 Å². The van der Waals surface area contributed by atoms with Crippen molar-refractivity contribution in [1.29, 1.82) is 0 Å². The summed E-state index contributed by atoms with van der Waals surface area (Å²) in [5.74, 6) is 0.625. The molecule has 2 rings (SSSR count). The summed E-state index contributed by atoms with van der Waals surface area (Å²) in [6.07, 6.45) is 2.86. The summed E-state index contributed by atoms with van der Waals surface area (Å²) in [7, 11) is -3.25. The molecular formula is C14H29N3O2S. The molecule has 1 N–H and O–H groups in total. The molecule has 20 heavy (non-hydrogen) atoms. The Bertz CT molecular complexity index is 401. The van der Waals surface area contributed by atoms with Crippen molar-refractivity contribution in [3.8, 4) is 0 Å². The standard InChI is InChI=1S/C14H29N3O2S/c1-14(2,3)13-5-10-17(11-6-13)20(18,19)16-9-4-7-15-8-12-16/h13,15H,4-12H2,1-3H3. The van der Waals surface area contributed by atoms with Crippen LogP contribution in [0.15, 0.2) is 0 Å². The van der Waals surface area contributed by atoms with Gasteiger partial charge in [-0.05, 0) is 37.1 Å². The predicted octanol–water partition coefficient (Wildman–Crippen LogP) is 1.28. The Balaban J connectivity index is 1.98. The molecule has 0 aromatic heterocycles. The number of rotatable bonds is 2. The molecule has 118 valence electrons. The molecule has 0 saturated carbocycles. The van der Waals surface area contributed by atoms with Crippen molar-refractivity contribution in [2.75, 3.05) is 39.3 Å². The van der Waals surface area contributed by atoms with Gasteiger partial charge in [-0.25, -0.2) is 0 Å². The van der Waals surface area contributed by atoms with Crippen molar-refractivity contribution in [3.63, 3.8) is 0 Å². The van der Waals surface area contributed by atoms with Gasteiger partial charge in [-0.2, -0.15) is 17.0 Å². The lowest BCUT2D eigenvalue weighted by Crippen LogP contribution is -2.49. The average molecular weight is 303 g/mol. The van der Waals surface area contributed by atoms with Crippen LogP contribution in [0.5, 0.6) is 0 Å². The van der Waals surface area contributed by atoms with Gasteiger partial charge in [0.1, 0.15) is 0 Å². The molecule has 0 spiro atoms. The minimum atomic E-state index is -3.25. The predicted molar refractivity (Wildman–Crippen MR) is 81.7 cm³/mol. The highest BCUT2D eigenvalue weighted by Crippen LogP contribution is 2.35. The summed E-state index contributed by atoms with van der Waals surface area (Å²) in [5, 5.41) is 3.25. The Kier molecular flexibility index (Phi) is 5.10. The highest BCUT2D eigenvalue weighted by Gasteiger charge is 2.36. The van der Waals surface area contributed by atoms with Gasteiger partial charge in [0.2, 0.25) is 0 Å². The quantitative estimate of drug-likeness (QED) is 0.836. The van der Waals surface area contributed by atoms with E-state index < -0.39 is 10.2 Å². The van der Waals surface area contributed by atoms with Crippen LogP contribution in [0.4, 0.5) is 0 Å². The van der Waals surface area contributed by atoms with Crippen molar-refractivity contribution in [2.24, 2.45) is 11.3 Å². The Morgan fingerprint density at radius 2 is 1.55 bits per heavy atom. The fraction of sp³-hybridized carbons (Fsp3) is 1.00. The Labute approximate surface area is 123 Å². The molecule has 2 aliphatic heterocycles. The van der Waals surface area contributed by atoms with Crippen LogP contribution >= 0.6 is 0 Å². The topological polar surface area (TPSA) is 52.7 Å². The van der Waals surface area contributed by atoms with E-state index in [-0.39, 0.29) is 5.41 Å². The molecule has 2 heterocycles. The van der Waals surface area contributed by atoms with Crippen molar-refractivity contribution in [3.05, 3.63) is 0 Å². The summed E-state index contributed by atoms with van der Waals surface area (Å²) in [5.41, 5.74) is 0.280. The molecule has 5 nitrogen and oxygen atoms in total. The molecule has 2 fully saturated rings. The lowest BCUT2D eigenvalue weighted by Gasteiger charge is -2.39. The molecule has 0 aromatic rings. The lowest BCUT2D eigenvalue weighted by molar-refractivity contribution is 0.150. The van der Waals surface area contributed by atoms with Crippen LogP contribution in [0.2, 0.25) is 0 Å². The minimum absolute atomic E-state index is 0.280. The second kappa shape index (κ2) is 6.30. The number of hydrogen-bond acceptors (Lipinski definition) is 3. The molecule has 0 aromatic carbocycles. The molecular weight excluding hydrogens is 274 g/mol. The first-order valence-electron chi connectivity index (χ1n) is 7.78. The van der Waals surface area contributed by atoms with Gasteiger partial charge in [0.15, 0.2) is 0 Å². The monoisotopic (exact) mass is 303 g/mol. The molecule has 0 radical (unpaired) electrons. The summed E-state index contributed by atoms with van der Waals surface area (Å²) >= 11 is 0. The molecule has 0 amide bonds. The number of nitrogens with zero attached hydrogens (tertiary/aromatic N) is 2. The Morgan fingerprint density at radius 3 is 2.15 bits per heavy atom. The van der Waals surface area contributed by atoms with Crippen LogP contribution in [0.25, 0.3) is 0 Å². The SMILES string of the molecule is CC(C)(C)C1CCN(S(=O)(=O)N2CCCNCC2)CC1. The van der Waals surface area contributed by atoms with E-state index in [2.05, 4.69) is 26.1 Å². The summed E-state index contributed by atoms with van der Waals surface area (Å²) in [6, 6.07) is 0. The molecule has 0 atom stereocenters. The van der Waals surface area contributed by atoms with Gasteiger partial charge < -0.3 is 5.32 Å². The maximum Gasteiger partial charge on any atom is 0.282 e. The first-order chi connectivity index (χ1) is 9.32. The van der Waals surface area contributed by atoms with E-state index in [0.29, 0.717) is 32.1 Å². The second-order valence-corrected chi connectivity index (χ2v) is 8.98. The van der Waals surface area contributed by atoms with E-state index in [1.54, 1.807) is 8.61 Å². The third-order valence-corrected chi connectivity index (χ3v) is 6.67. The number of hydrogen-bond donors (Lipinski definition) is 1. The highest BCUT2D eigenvalue weighted by atomic mass is 32.2. The zero-order valence-corrected chi connectivity index (χ0v) is 13.9. The smallest absolute Gasteiger partial charge is 0.282 e. The summed E-state index contributed by atoms with van der Waals surface area (Å²) < 4.78 is 28.7. The van der Waals surface area contributed by atoms with Gasteiger partial charge in [-0.15, -0.1) is 0 Å². The summed E-state index contributed by atoms with van der Waals surface area (Å²) in [4.78, 5) is 0. The van der Waals surface area contributed by atoms with Gasteiger partial charge in [0.05, 0.1) is 0 Å². The van der Waals surface area contributed by atoms with Gasteiger partial charge in [0.25, 0.3) is 10.2 Å². The largest absolute Gasteiger partial charge is 0.315 e. The fourth-order valence-electron chi connectivity index (χ4n) is 3.17. The van der Waals surface area contributed by atoms with Crippen molar-refractivity contribution in [2.45, 2.75) is 40.0 Å². The zero-order valence-electron chi connectivity index (χ0n) is 13.1. The Morgan fingerprint density at radius 1 is 0.950 bits per heavy atom. The van der Waals surface area contributed by atoms with E-state index in [9.17, 15) is 8.42 Å². The number of piperidine rings is 1. The fourth-order valence-corrected chi connectivity index (χ4v) is 4.85. The van der Waals surface area contributed by atoms with Crippen LogP contribution < -0.4 is 5.32 Å². The van der Waals surface area contributed by atoms with Crippen molar-refractivity contribution < 1.29 is 8.42 Å². The third kappa shape index (κ3) is 3.72. The van der Waals surface area contributed by atoms with Gasteiger partial charge >= 0.3 is 0 Å². The van der Waals surface area contributed by atoms with E-state index in [0.717, 1.165) is 32.4 Å². The van der Waals surface area contributed by atoms with E-state index in [4.69, 9.17) is 0 Å². The van der Waals surface area contributed by atoms with Crippen LogP contribution in [0.3, 0.4) is 0 Å². The lowest BCUT2D eigenvalue weighted by atomic mass is 9.76. The average Bonchev–Trinajstić information content (AvgIpc) is 2.67. The van der Waals surface area contributed by atoms with Crippen LogP contribution in [0, 0.1) is 11.3 Å². The zero-order chi connectivity index (χ0) is 14.8. The third-order valence-electron chi connectivity index (χ3n) is 4.63. The van der Waals surface area contributed by atoms with E-state index >= 15 is 0 Å². The molecule has 0 aliphatic carbocycles. The molecule has 0 unspecified atom stereocenters. The van der Waals surface area contributed by atoms with E-state index in [1.165, 1.54) is 0 Å². The molecule has 0 bridgehead atoms. The van der Waals surface area contributed by atoms with Crippen LogP contribution in [0.1, 0.15) is 40.0 Å². The normalized spacial score (nSPS) is 25.6.